The zero-order chi connectivity index (χ0) is 16.8. The number of hydrogen-bond acceptors (Lipinski definition) is 3. The van der Waals surface area contributed by atoms with Gasteiger partial charge >= 0.3 is 0 Å². The van der Waals surface area contributed by atoms with E-state index in [1.54, 1.807) is 0 Å². The largest absolute Gasteiger partial charge is 0.500 e. The van der Waals surface area contributed by atoms with Gasteiger partial charge < -0.3 is 4.74 Å². The molecule has 0 spiro atoms. The molecule has 0 radical (unpaired) electrons. The van der Waals surface area contributed by atoms with Gasteiger partial charge in [-0.1, -0.05) is 38.1 Å². The number of nitrogens with zero attached hydrogens (tertiary/aromatic N) is 1. The molecule has 5 heteroatoms. The van der Waals surface area contributed by atoms with Gasteiger partial charge in [0.1, 0.15) is 5.76 Å². The van der Waals surface area contributed by atoms with E-state index in [0.29, 0.717) is 10.7 Å². The number of benzene rings is 1. The molecule has 0 saturated carbocycles. The van der Waals surface area contributed by atoms with Gasteiger partial charge in [-0.2, -0.15) is 4.31 Å². The average molecular weight is 323 g/mol. The van der Waals surface area contributed by atoms with Gasteiger partial charge in [0.25, 0.3) is 0 Å². The maximum atomic E-state index is 13.1. The Morgan fingerprint density at radius 3 is 2.14 bits per heavy atom. The molecule has 0 N–H and O–H groups in total. The number of sulfonamides is 1. The van der Waals surface area contributed by atoms with Gasteiger partial charge in [-0.15, -0.1) is 0 Å². The van der Waals surface area contributed by atoms with Crippen LogP contribution in [0.5, 0.6) is 0 Å². The van der Waals surface area contributed by atoms with E-state index in [-0.39, 0.29) is 18.0 Å². The normalized spacial score (nSPS) is 24.4. The molecule has 1 saturated heterocycles. The fraction of sp³-hybridized carbons (Fsp3) is 0.529. The van der Waals surface area contributed by atoms with Crippen molar-refractivity contribution in [3.05, 3.63) is 41.2 Å². The van der Waals surface area contributed by atoms with Gasteiger partial charge in [-0.3, -0.25) is 0 Å². The van der Waals surface area contributed by atoms with Crippen LogP contribution in [0.4, 0.5) is 0 Å². The monoisotopic (exact) mass is 323 g/mol. The van der Waals surface area contributed by atoms with Gasteiger partial charge in [-0.25, -0.2) is 8.42 Å². The second-order valence-electron chi connectivity index (χ2n) is 6.41. The van der Waals surface area contributed by atoms with Crippen LogP contribution < -0.4 is 0 Å². The van der Waals surface area contributed by atoms with Crippen LogP contribution in [0.1, 0.15) is 30.5 Å². The summed E-state index contributed by atoms with van der Waals surface area (Å²) in [6, 6.07) is 3.47. The molecule has 1 aliphatic rings. The molecule has 1 aromatic carbocycles. The summed E-state index contributed by atoms with van der Waals surface area (Å²) in [5.74, 6) is 0.711. The summed E-state index contributed by atoms with van der Waals surface area (Å²) in [5, 5.41) is 0. The summed E-state index contributed by atoms with van der Waals surface area (Å²) in [7, 11) is -2.02. The zero-order valence-electron chi connectivity index (χ0n) is 14.2. The summed E-state index contributed by atoms with van der Waals surface area (Å²) in [6.45, 7) is 13.6. The summed E-state index contributed by atoms with van der Waals surface area (Å²) >= 11 is 0. The van der Waals surface area contributed by atoms with Crippen LogP contribution in [0.2, 0.25) is 0 Å². The predicted octanol–water partition coefficient (Wildman–Crippen LogP) is 3.17. The number of hydrogen-bond donors (Lipinski definition) is 0. The number of rotatable bonds is 5. The second kappa shape index (κ2) is 5.70. The van der Waals surface area contributed by atoms with Crippen LogP contribution in [-0.4, -0.2) is 31.9 Å². The van der Waals surface area contributed by atoms with E-state index in [2.05, 4.69) is 6.58 Å². The Hall–Kier alpha value is -1.33. The topological polar surface area (TPSA) is 46.4 Å². The molecular weight excluding hydrogens is 298 g/mol. The van der Waals surface area contributed by atoms with Gasteiger partial charge in [0.15, 0.2) is 0 Å². The minimum absolute atomic E-state index is 0.0856. The van der Waals surface area contributed by atoms with E-state index in [4.69, 9.17) is 4.74 Å². The van der Waals surface area contributed by atoms with E-state index in [1.807, 2.05) is 46.8 Å². The molecule has 0 aromatic heterocycles. The number of methoxy groups -OCH3 is 1. The highest BCUT2D eigenvalue weighted by molar-refractivity contribution is 7.89. The second-order valence-corrected chi connectivity index (χ2v) is 8.19. The Morgan fingerprint density at radius 1 is 1.23 bits per heavy atom. The Morgan fingerprint density at radius 2 is 1.73 bits per heavy atom. The molecule has 2 rings (SSSR count). The van der Waals surface area contributed by atoms with E-state index < -0.39 is 10.0 Å². The van der Waals surface area contributed by atoms with Crippen molar-refractivity contribution in [1.29, 1.82) is 0 Å². The third-order valence-corrected chi connectivity index (χ3v) is 6.40. The van der Waals surface area contributed by atoms with Crippen molar-refractivity contribution in [2.75, 3.05) is 7.11 Å². The van der Waals surface area contributed by atoms with Gasteiger partial charge in [0, 0.05) is 0 Å². The maximum Gasteiger partial charge on any atom is 0.244 e. The predicted molar refractivity (Wildman–Crippen MR) is 88.2 cm³/mol. The van der Waals surface area contributed by atoms with Crippen molar-refractivity contribution in [3.63, 3.8) is 0 Å². The van der Waals surface area contributed by atoms with Crippen molar-refractivity contribution >= 4 is 10.0 Å². The Kier molecular flexibility index (Phi) is 4.42. The van der Waals surface area contributed by atoms with E-state index >= 15 is 0 Å². The lowest BCUT2D eigenvalue weighted by molar-refractivity contribution is 0.277. The minimum Gasteiger partial charge on any atom is -0.500 e. The van der Waals surface area contributed by atoms with Crippen molar-refractivity contribution < 1.29 is 13.2 Å². The lowest BCUT2D eigenvalue weighted by atomic mass is 10.1. The number of aryl methyl sites for hydroxylation is 3. The standard InChI is InChI=1S/C17H25NO3S/c1-10(2)15-16(14(6)21-7)18(15)22(19,20)17-12(4)8-11(3)9-13(17)5/h8-10,15-16H,6H2,1-5,7H3/t15-,16+,18?/m0/s1. The first kappa shape index (κ1) is 17.0. The summed E-state index contributed by atoms with van der Waals surface area (Å²) in [5.41, 5.74) is 2.64. The molecular formula is C17H25NO3S. The van der Waals surface area contributed by atoms with Crippen molar-refractivity contribution in [2.45, 2.75) is 51.6 Å². The number of ether oxygens (including phenoxy) is 1. The molecule has 0 amide bonds. The molecule has 22 heavy (non-hydrogen) atoms. The first-order valence-corrected chi connectivity index (χ1v) is 8.91. The van der Waals surface area contributed by atoms with Crippen molar-refractivity contribution in [3.8, 4) is 0 Å². The first-order chi connectivity index (χ1) is 10.1. The molecule has 1 fully saturated rings. The van der Waals surface area contributed by atoms with E-state index in [0.717, 1.165) is 16.7 Å². The molecule has 4 nitrogen and oxygen atoms in total. The third-order valence-electron chi connectivity index (χ3n) is 4.22. The fourth-order valence-corrected chi connectivity index (χ4v) is 5.64. The highest BCUT2D eigenvalue weighted by Crippen LogP contribution is 2.44. The van der Waals surface area contributed by atoms with Crippen LogP contribution in [0, 0.1) is 26.7 Å². The molecule has 1 aliphatic heterocycles. The third kappa shape index (κ3) is 2.68. The smallest absolute Gasteiger partial charge is 0.244 e. The van der Waals surface area contributed by atoms with Gasteiger partial charge in [0.2, 0.25) is 10.0 Å². The van der Waals surface area contributed by atoms with Crippen LogP contribution >= 0.6 is 0 Å². The van der Waals surface area contributed by atoms with Crippen LogP contribution in [-0.2, 0) is 14.8 Å². The molecule has 122 valence electrons. The van der Waals surface area contributed by atoms with Crippen LogP contribution in [0.15, 0.2) is 29.4 Å². The van der Waals surface area contributed by atoms with Gasteiger partial charge in [0.05, 0.1) is 24.1 Å². The first-order valence-electron chi connectivity index (χ1n) is 7.47. The Bertz CT molecular complexity index is 684. The van der Waals surface area contributed by atoms with Gasteiger partial charge in [-0.05, 0) is 37.8 Å². The van der Waals surface area contributed by atoms with Crippen LogP contribution in [0.3, 0.4) is 0 Å². The molecule has 1 heterocycles. The lowest BCUT2D eigenvalue weighted by Gasteiger charge is -2.14. The molecule has 0 bridgehead atoms. The Labute approximate surface area is 133 Å². The summed E-state index contributed by atoms with van der Waals surface area (Å²) < 4.78 is 33.0. The SMILES string of the molecule is C=C(OC)[C@@H]1[C@H](C(C)C)N1S(=O)(=O)c1c(C)cc(C)cc1C. The van der Waals surface area contributed by atoms with Crippen LogP contribution in [0.25, 0.3) is 0 Å². The van der Waals surface area contributed by atoms with E-state index in [9.17, 15) is 8.42 Å². The summed E-state index contributed by atoms with van der Waals surface area (Å²) in [6.07, 6.45) is 0. The van der Waals surface area contributed by atoms with Crippen molar-refractivity contribution in [1.82, 2.24) is 4.31 Å². The maximum absolute atomic E-state index is 13.1. The quantitative estimate of drug-likeness (QED) is 0.617. The fourth-order valence-electron chi connectivity index (χ4n) is 3.33. The highest BCUT2D eigenvalue weighted by atomic mass is 32.2. The molecule has 1 aromatic rings. The minimum atomic E-state index is -3.55. The molecule has 0 aliphatic carbocycles. The molecule has 1 unspecified atom stereocenters. The summed E-state index contributed by atoms with van der Waals surface area (Å²) in [4.78, 5) is 0.412. The average Bonchev–Trinajstić information content (AvgIpc) is 3.12. The highest BCUT2D eigenvalue weighted by Gasteiger charge is 2.59. The Balaban J connectivity index is 2.50. The molecule has 3 atom stereocenters. The van der Waals surface area contributed by atoms with E-state index in [1.165, 1.54) is 11.4 Å². The lowest BCUT2D eigenvalue weighted by Crippen LogP contribution is -2.20. The van der Waals surface area contributed by atoms with Crippen molar-refractivity contribution in [2.24, 2.45) is 5.92 Å². The zero-order valence-corrected chi connectivity index (χ0v) is 15.0.